The number of nitrogens with zero attached hydrogens (tertiary/aromatic N) is 1. The maximum absolute atomic E-state index is 11.7. The highest BCUT2D eigenvalue weighted by Gasteiger charge is 2.05. The SMILES string of the molecule is CCOC(=O)/C=C/c1nc2ccc(Cl)cc2c(=O)o1. The van der Waals surface area contributed by atoms with Crippen LogP contribution in [0.4, 0.5) is 0 Å². The summed E-state index contributed by atoms with van der Waals surface area (Å²) in [7, 11) is 0. The summed E-state index contributed by atoms with van der Waals surface area (Å²) in [6.07, 6.45) is 2.43. The molecule has 0 aliphatic rings. The van der Waals surface area contributed by atoms with Crippen LogP contribution in [0.3, 0.4) is 0 Å². The molecule has 2 rings (SSSR count). The molecule has 0 aliphatic carbocycles. The lowest BCUT2D eigenvalue weighted by molar-refractivity contribution is -0.137. The van der Waals surface area contributed by atoms with Gasteiger partial charge in [-0.1, -0.05) is 11.6 Å². The van der Waals surface area contributed by atoms with Gasteiger partial charge in [-0.2, -0.15) is 0 Å². The first kappa shape index (κ1) is 13.3. The first-order chi connectivity index (χ1) is 9.10. The average molecular weight is 280 g/mol. The number of halogens is 1. The standard InChI is InChI=1S/C13H10ClNO4/c1-2-18-12(16)6-5-11-15-10-4-3-8(14)7-9(10)13(17)19-11/h3-7H,2H2,1H3/b6-5+. The molecular formula is C13H10ClNO4. The Bertz CT molecular complexity index is 705. The Morgan fingerprint density at radius 1 is 1.53 bits per heavy atom. The maximum Gasteiger partial charge on any atom is 0.347 e. The van der Waals surface area contributed by atoms with E-state index in [1.807, 2.05) is 0 Å². The predicted octanol–water partition coefficient (Wildman–Crippen LogP) is 2.42. The van der Waals surface area contributed by atoms with E-state index in [1.165, 1.54) is 12.1 Å². The molecule has 5 nitrogen and oxygen atoms in total. The Hall–Kier alpha value is -2.14. The number of carbonyl (C=O) groups excluding carboxylic acids is 1. The van der Waals surface area contributed by atoms with Gasteiger partial charge in [0.2, 0.25) is 5.89 Å². The van der Waals surface area contributed by atoms with Crippen LogP contribution < -0.4 is 5.63 Å². The summed E-state index contributed by atoms with van der Waals surface area (Å²) in [5.74, 6) is -0.490. The van der Waals surface area contributed by atoms with Crippen molar-refractivity contribution in [2.24, 2.45) is 0 Å². The van der Waals surface area contributed by atoms with Gasteiger partial charge in [-0.25, -0.2) is 14.6 Å². The average Bonchev–Trinajstić information content (AvgIpc) is 2.38. The number of esters is 1. The molecule has 6 heteroatoms. The van der Waals surface area contributed by atoms with E-state index in [4.69, 9.17) is 20.8 Å². The number of fused-ring (bicyclic) bond motifs is 1. The minimum Gasteiger partial charge on any atom is -0.463 e. The molecule has 98 valence electrons. The number of rotatable bonds is 3. The summed E-state index contributed by atoms with van der Waals surface area (Å²) < 4.78 is 9.66. The quantitative estimate of drug-likeness (QED) is 0.637. The lowest BCUT2D eigenvalue weighted by Crippen LogP contribution is -2.03. The van der Waals surface area contributed by atoms with Crippen molar-refractivity contribution >= 4 is 34.5 Å². The third-order valence-electron chi connectivity index (χ3n) is 2.26. The molecule has 1 heterocycles. The van der Waals surface area contributed by atoms with Crippen LogP contribution in [0.25, 0.3) is 17.0 Å². The second kappa shape index (κ2) is 5.67. The number of hydrogen-bond acceptors (Lipinski definition) is 5. The van der Waals surface area contributed by atoms with Crippen LogP contribution >= 0.6 is 11.6 Å². The summed E-state index contributed by atoms with van der Waals surface area (Å²) in [4.78, 5) is 26.9. The van der Waals surface area contributed by atoms with Crippen LogP contribution in [0, 0.1) is 0 Å². The molecule has 0 saturated carbocycles. The Balaban J connectivity index is 2.39. The molecule has 0 aliphatic heterocycles. The lowest BCUT2D eigenvalue weighted by atomic mass is 10.2. The largest absolute Gasteiger partial charge is 0.463 e. The van der Waals surface area contributed by atoms with Gasteiger partial charge in [0, 0.05) is 17.2 Å². The zero-order valence-corrected chi connectivity index (χ0v) is 10.8. The summed E-state index contributed by atoms with van der Waals surface area (Å²) in [6.45, 7) is 1.97. The first-order valence-corrected chi connectivity index (χ1v) is 5.93. The molecule has 0 amide bonds. The van der Waals surface area contributed by atoms with Gasteiger partial charge >= 0.3 is 11.6 Å². The van der Waals surface area contributed by atoms with Crippen LogP contribution in [-0.2, 0) is 9.53 Å². The predicted molar refractivity (Wildman–Crippen MR) is 71.0 cm³/mol. The van der Waals surface area contributed by atoms with Crippen molar-refractivity contribution < 1.29 is 13.9 Å². The molecule has 19 heavy (non-hydrogen) atoms. The van der Waals surface area contributed by atoms with Crippen LogP contribution in [0.2, 0.25) is 5.02 Å². The third kappa shape index (κ3) is 3.20. The summed E-state index contributed by atoms with van der Waals surface area (Å²) >= 11 is 5.78. The number of benzene rings is 1. The monoisotopic (exact) mass is 279 g/mol. The van der Waals surface area contributed by atoms with Crippen LogP contribution in [0.15, 0.2) is 33.5 Å². The number of ether oxygens (including phenoxy) is 1. The van der Waals surface area contributed by atoms with E-state index in [1.54, 1.807) is 19.1 Å². The molecule has 1 aromatic heterocycles. The highest BCUT2D eigenvalue weighted by atomic mass is 35.5. The van der Waals surface area contributed by atoms with E-state index >= 15 is 0 Å². The smallest absolute Gasteiger partial charge is 0.347 e. The maximum atomic E-state index is 11.7. The Morgan fingerprint density at radius 3 is 3.05 bits per heavy atom. The second-order valence-electron chi connectivity index (χ2n) is 3.59. The molecule has 2 aromatic rings. The third-order valence-corrected chi connectivity index (χ3v) is 2.49. The van der Waals surface area contributed by atoms with E-state index in [0.717, 1.165) is 6.08 Å². The van der Waals surface area contributed by atoms with Crippen molar-refractivity contribution in [3.05, 3.63) is 45.6 Å². The van der Waals surface area contributed by atoms with Gasteiger partial charge in [0.25, 0.3) is 0 Å². The summed E-state index contributed by atoms with van der Waals surface area (Å²) in [5.41, 5.74) is -0.111. The van der Waals surface area contributed by atoms with Crippen LogP contribution in [-0.4, -0.2) is 17.6 Å². The highest BCUT2D eigenvalue weighted by molar-refractivity contribution is 6.31. The van der Waals surface area contributed by atoms with Crippen molar-refractivity contribution in [2.75, 3.05) is 6.61 Å². The van der Waals surface area contributed by atoms with Gasteiger partial charge in [0.1, 0.15) is 0 Å². The number of aromatic nitrogens is 1. The molecule has 1 aromatic carbocycles. The van der Waals surface area contributed by atoms with Gasteiger partial charge in [0.15, 0.2) is 0 Å². The Morgan fingerprint density at radius 2 is 2.32 bits per heavy atom. The minimum atomic E-state index is -0.559. The van der Waals surface area contributed by atoms with Gasteiger partial charge in [-0.3, -0.25) is 0 Å². The van der Waals surface area contributed by atoms with E-state index in [0.29, 0.717) is 15.9 Å². The van der Waals surface area contributed by atoms with Crippen molar-refractivity contribution in [3.8, 4) is 0 Å². The van der Waals surface area contributed by atoms with Crippen molar-refractivity contribution in [1.82, 2.24) is 4.98 Å². The zero-order chi connectivity index (χ0) is 13.8. The van der Waals surface area contributed by atoms with E-state index in [9.17, 15) is 9.59 Å². The molecule has 0 atom stereocenters. The van der Waals surface area contributed by atoms with E-state index in [-0.39, 0.29) is 12.5 Å². The molecule has 0 saturated heterocycles. The van der Waals surface area contributed by atoms with Crippen molar-refractivity contribution in [3.63, 3.8) is 0 Å². The molecule has 0 bridgehead atoms. The molecule has 0 radical (unpaired) electrons. The van der Waals surface area contributed by atoms with Gasteiger partial charge in [-0.15, -0.1) is 0 Å². The molecule has 0 unspecified atom stereocenters. The fraction of sp³-hybridized carbons (Fsp3) is 0.154. The van der Waals surface area contributed by atoms with E-state index in [2.05, 4.69) is 4.98 Å². The highest BCUT2D eigenvalue weighted by Crippen LogP contribution is 2.15. The Labute approximate surface area is 113 Å². The van der Waals surface area contributed by atoms with Gasteiger partial charge in [-0.05, 0) is 25.1 Å². The fourth-order valence-corrected chi connectivity index (χ4v) is 1.63. The molecule has 0 fully saturated rings. The molecular weight excluding hydrogens is 270 g/mol. The minimum absolute atomic E-state index is 0.0351. The van der Waals surface area contributed by atoms with Gasteiger partial charge in [0.05, 0.1) is 17.5 Å². The Kier molecular flexibility index (Phi) is 3.97. The van der Waals surface area contributed by atoms with Crippen molar-refractivity contribution in [2.45, 2.75) is 6.92 Å². The lowest BCUT2D eigenvalue weighted by Gasteiger charge is -1.98. The van der Waals surface area contributed by atoms with Crippen LogP contribution in [0.1, 0.15) is 12.8 Å². The van der Waals surface area contributed by atoms with Crippen molar-refractivity contribution in [1.29, 1.82) is 0 Å². The number of hydrogen-bond donors (Lipinski definition) is 0. The summed E-state index contributed by atoms with van der Waals surface area (Å²) in [6, 6.07) is 4.71. The molecule has 0 N–H and O–H groups in total. The van der Waals surface area contributed by atoms with Gasteiger partial charge < -0.3 is 9.15 Å². The van der Waals surface area contributed by atoms with Crippen LogP contribution in [0.5, 0.6) is 0 Å². The fourth-order valence-electron chi connectivity index (χ4n) is 1.46. The second-order valence-corrected chi connectivity index (χ2v) is 4.02. The first-order valence-electron chi connectivity index (χ1n) is 5.55. The summed E-state index contributed by atoms with van der Waals surface area (Å²) in [5, 5.41) is 0.720. The topological polar surface area (TPSA) is 69.4 Å². The zero-order valence-electron chi connectivity index (χ0n) is 10.1. The number of carbonyl (C=O) groups is 1. The molecule has 0 spiro atoms. The normalized spacial score (nSPS) is 11.1. The van der Waals surface area contributed by atoms with E-state index < -0.39 is 11.6 Å².